The molecule has 0 bridgehead atoms. The number of halogens is 7. The maximum atomic E-state index is 14.0. The zero-order valence-electron chi connectivity index (χ0n) is 67.5. The second-order valence-electron chi connectivity index (χ2n) is 31.2. The first-order valence-electron chi connectivity index (χ1n) is 40.3. The number of carbonyl (C=O) groups excluding carboxylic acids is 5. The lowest BCUT2D eigenvalue weighted by molar-refractivity contribution is -0.0142. The normalized spacial score (nSPS) is 15.7. The van der Waals surface area contributed by atoms with E-state index in [1.54, 1.807) is 77.7 Å². The summed E-state index contributed by atoms with van der Waals surface area (Å²) >= 11 is 29.8. The van der Waals surface area contributed by atoms with Crippen molar-refractivity contribution in [2.24, 2.45) is 10.4 Å². The molecule has 624 valence electrons. The van der Waals surface area contributed by atoms with Gasteiger partial charge in [0.25, 0.3) is 5.92 Å². The SMILES string of the molecule is CC/C=C/c1n[nH]c2c1CN(C(=O)Nc1cccc(Cl)c1)CC2.CC1(c2n[nH]c3c2CN(C(=O)Nc2cccc(Cl)c2)CC3)CCC1.CCC(C)(C)C1=NCC2=C1CN(C(=O)Nc1cccc(Cl)c1)CC2.CCC(F)(F)c1n[nH]c2c1CN(C(=O)Nc1cccc(Cl)c1)CC2.CCCCc1n[nH]c2c1CN(C(=O)Nc1cccc(Cl)c1)CC2. The molecule has 7 aliphatic rings. The van der Waals surface area contributed by atoms with Gasteiger partial charge < -0.3 is 51.1 Å². The summed E-state index contributed by atoms with van der Waals surface area (Å²) in [6, 6.07) is 34.9. The molecule has 0 radical (unpaired) electrons. The molecule has 1 fully saturated rings. The van der Waals surface area contributed by atoms with Gasteiger partial charge in [-0.25, -0.2) is 24.0 Å². The van der Waals surface area contributed by atoms with E-state index in [-0.39, 0.29) is 59.6 Å². The quantitative estimate of drug-likeness (QED) is 0.0471. The van der Waals surface area contributed by atoms with E-state index in [4.69, 9.17) is 63.0 Å². The Kier molecular flexibility index (Phi) is 29.2. The Hall–Kier alpha value is -10.3. The molecule has 0 atom stereocenters. The molecule has 5 aromatic carbocycles. The topological polar surface area (TPSA) is 289 Å². The van der Waals surface area contributed by atoms with E-state index >= 15 is 0 Å². The third-order valence-corrected chi connectivity index (χ3v) is 23.6. The molecule has 9 aromatic rings. The van der Waals surface area contributed by atoms with Gasteiger partial charge in [0.1, 0.15) is 5.69 Å². The smallest absolute Gasteiger partial charge is 0.320 e. The predicted octanol–water partition coefficient (Wildman–Crippen LogP) is 21.1. The predicted molar refractivity (Wildman–Crippen MR) is 466 cm³/mol. The van der Waals surface area contributed by atoms with Crippen LogP contribution in [0.25, 0.3) is 6.08 Å². The molecular weight excluding hydrogens is 1610 g/mol. The molecule has 1 saturated carbocycles. The highest BCUT2D eigenvalue weighted by molar-refractivity contribution is 6.32. The highest BCUT2D eigenvalue weighted by atomic mass is 35.5. The van der Waals surface area contributed by atoms with E-state index in [0.717, 1.165) is 111 Å². The van der Waals surface area contributed by atoms with Gasteiger partial charge in [-0.2, -0.15) is 29.2 Å². The number of benzene rings is 5. The Balaban J connectivity index is 0.000000136. The lowest BCUT2D eigenvalue weighted by Crippen LogP contribution is -2.42. The number of hydrogen-bond donors (Lipinski definition) is 9. The summed E-state index contributed by atoms with van der Waals surface area (Å²) in [4.78, 5) is 76.1. The second-order valence-corrected chi connectivity index (χ2v) is 33.4. The third kappa shape index (κ3) is 22.0. The number of aromatic amines is 4. The van der Waals surface area contributed by atoms with Crippen molar-refractivity contribution in [3.63, 3.8) is 0 Å². The number of nitrogens with one attached hydrogen (secondary N) is 9. The summed E-state index contributed by atoms with van der Waals surface area (Å²) in [7, 11) is 0. The lowest BCUT2D eigenvalue weighted by atomic mass is 9.67. The van der Waals surface area contributed by atoms with Gasteiger partial charge in [-0.05, 0) is 153 Å². The second kappa shape index (κ2) is 39.5. The minimum Gasteiger partial charge on any atom is -0.320 e. The van der Waals surface area contributed by atoms with Crippen LogP contribution >= 0.6 is 58.0 Å². The van der Waals surface area contributed by atoms with E-state index in [2.05, 4.69) is 115 Å². The number of hydrogen-bond acceptors (Lipinski definition) is 10. The van der Waals surface area contributed by atoms with Crippen LogP contribution in [-0.4, -0.2) is 147 Å². The van der Waals surface area contributed by atoms with Crippen LogP contribution in [0, 0.1) is 5.41 Å². The minimum atomic E-state index is -3.00. The minimum absolute atomic E-state index is 0.0591. The third-order valence-electron chi connectivity index (χ3n) is 22.5. The monoisotopic (exact) mass is 1710 g/mol. The number of amides is 10. The first kappa shape index (κ1) is 87.1. The highest BCUT2D eigenvalue weighted by Crippen LogP contribution is 2.45. The molecule has 0 spiro atoms. The summed E-state index contributed by atoms with van der Waals surface area (Å²) in [5.41, 5.74) is 18.5. The molecule has 16 rings (SSSR count). The number of nitrogens with zero attached hydrogens (tertiary/aromatic N) is 10. The van der Waals surface area contributed by atoms with Gasteiger partial charge in [0.2, 0.25) is 0 Å². The number of fused-ring (bicyclic) bond motifs is 4. The van der Waals surface area contributed by atoms with E-state index in [9.17, 15) is 32.8 Å². The van der Waals surface area contributed by atoms with Crippen molar-refractivity contribution in [3.05, 3.63) is 231 Å². The molecule has 0 unspecified atom stereocenters. The molecule has 118 heavy (non-hydrogen) atoms. The Morgan fingerprint density at radius 1 is 0.492 bits per heavy atom. The fourth-order valence-corrected chi connectivity index (χ4v) is 16.0. The molecule has 1 aliphatic carbocycles. The summed E-state index contributed by atoms with van der Waals surface area (Å²) in [5.74, 6) is -3.00. The van der Waals surface area contributed by atoms with Crippen molar-refractivity contribution in [1.82, 2.24) is 65.3 Å². The van der Waals surface area contributed by atoms with Crippen LogP contribution in [0.3, 0.4) is 0 Å². The molecule has 10 heterocycles. The number of urea groups is 5. The van der Waals surface area contributed by atoms with Crippen molar-refractivity contribution in [2.45, 2.75) is 176 Å². The van der Waals surface area contributed by atoms with Crippen LogP contribution in [0.1, 0.15) is 174 Å². The molecular formula is C87H102Cl5F2N19O5. The maximum absolute atomic E-state index is 14.0. The zero-order valence-corrected chi connectivity index (χ0v) is 71.3. The van der Waals surface area contributed by atoms with Gasteiger partial charge in [0.05, 0.1) is 49.8 Å². The van der Waals surface area contributed by atoms with Crippen molar-refractivity contribution in [3.8, 4) is 0 Å². The van der Waals surface area contributed by atoms with Crippen LogP contribution in [0.2, 0.25) is 25.1 Å². The van der Waals surface area contributed by atoms with Gasteiger partial charge >= 0.3 is 30.2 Å². The van der Waals surface area contributed by atoms with Gasteiger partial charge in [-0.1, -0.05) is 156 Å². The van der Waals surface area contributed by atoms with E-state index in [1.165, 1.54) is 70.5 Å². The average Bonchev–Trinajstić information content (AvgIpc) is 1.58. The van der Waals surface area contributed by atoms with E-state index in [1.807, 2.05) is 69.3 Å². The first-order valence-corrected chi connectivity index (χ1v) is 42.2. The first-order chi connectivity index (χ1) is 56.7. The van der Waals surface area contributed by atoms with Crippen LogP contribution < -0.4 is 26.6 Å². The zero-order chi connectivity index (χ0) is 83.8. The van der Waals surface area contributed by atoms with Crippen LogP contribution in [0.4, 0.5) is 61.2 Å². The maximum Gasteiger partial charge on any atom is 0.322 e. The van der Waals surface area contributed by atoms with E-state index in [0.29, 0.717) is 112 Å². The number of allylic oxidation sites excluding steroid dienone is 1. The molecule has 31 heteroatoms. The number of unbranched alkanes of at least 4 members (excludes halogenated alkanes) is 1. The molecule has 24 nitrogen and oxygen atoms in total. The Labute approximate surface area is 712 Å². The number of H-pyrrole nitrogens is 4. The van der Waals surface area contributed by atoms with Crippen molar-refractivity contribution in [2.75, 3.05) is 72.4 Å². The Morgan fingerprint density at radius 3 is 1.31 bits per heavy atom. The molecule has 0 saturated heterocycles. The number of aliphatic imine (C=N–C) groups is 1. The number of anilines is 5. The fourth-order valence-electron chi connectivity index (χ4n) is 15.1. The van der Waals surface area contributed by atoms with Crippen molar-refractivity contribution >= 4 is 128 Å². The molecule has 4 aromatic heterocycles. The molecule has 6 aliphatic heterocycles. The standard InChI is InChI=1S/C19H24ClN3O.C18H21ClN4O.C17H21ClN4O.C17H19ClN4O.C16H17ClF2N4O/c1-4-19(2,3)17-16-12-23(9-8-13(16)11-21-17)18(24)22-15-7-5-6-14(20)10-15;1-18(7-3-8-18)16-14-11-23(9-6-15(14)21-22-16)17(24)20-13-5-2-4-12(19)10-13;2*1-2-3-7-15-14-11-22(9-8-16(14)21-20-15)17(23)19-13-6-4-5-12(18)10-13;1-2-16(18,19)14-12-9-23(7-6-13(12)21-22-14)15(24)20-11-5-3-4-10(17)8-11/h5-7,10H,4,8-9,11-12H2,1-3H3,(H,22,24);2,4-5,10H,3,6-9,11H2,1H3,(H,20,24)(H,21,22);4-6,10H,2-3,7-9,11H2,1H3,(H,19,23)(H,20,21);3-7,10H,2,8-9,11H2,1H3,(H,19,23)(H,20,21);3-5,8H,2,6-7,9H2,1H3,(H,20,24)(H,21,22)/b;;;7-3+;. The van der Waals surface area contributed by atoms with Gasteiger partial charge in [-0.3, -0.25) is 25.4 Å². The lowest BCUT2D eigenvalue weighted by Gasteiger charge is -2.38. The van der Waals surface area contributed by atoms with Gasteiger partial charge in [0, 0.05) is 186 Å². The summed E-state index contributed by atoms with van der Waals surface area (Å²) in [6.45, 7) is 21.1. The Bertz CT molecular complexity index is 5040. The number of aromatic nitrogens is 8. The largest absolute Gasteiger partial charge is 0.322 e. The molecule has 10 amide bonds. The van der Waals surface area contributed by atoms with Crippen LogP contribution in [-0.2, 0) is 69.6 Å². The van der Waals surface area contributed by atoms with Crippen LogP contribution in [0.15, 0.2) is 144 Å². The van der Waals surface area contributed by atoms with Crippen molar-refractivity contribution < 1.29 is 32.8 Å². The van der Waals surface area contributed by atoms with Crippen molar-refractivity contribution in [1.29, 1.82) is 0 Å². The number of alkyl halides is 2. The summed E-state index contributed by atoms with van der Waals surface area (Å²) in [5, 5.41) is 46.6. The summed E-state index contributed by atoms with van der Waals surface area (Å²) in [6.07, 6.45) is 16.4. The summed E-state index contributed by atoms with van der Waals surface area (Å²) < 4.78 is 28.0. The Morgan fingerprint density at radius 2 is 0.881 bits per heavy atom. The van der Waals surface area contributed by atoms with Gasteiger partial charge in [-0.15, -0.1) is 0 Å². The number of rotatable bonds is 15. The number of aryl methyl sites for hydroxylation is 1. The molecule has 9 N–H and O–H groups in total. The number of carbonyl (C=O) groups is 5. The van der Waals surface area contributed by atoms with Gasteiger partial charge in [0.15, 0.2) is 0 Å². The fraction of sp³-hybridized carbons (Fsp3) is 0.402. The van der Waals surface area contributed by atoms with E-state index < -0.39 is 5.92 Å². The highest BCUT2D eigenvalue weighted by Gasteiger charge is 2.42. The van der Waals surface area contributed by atoms with Crippen LogP contribution in [0.5, 0.6) is 0 Å². The average molecular weight is 1710 g/mol.